The lowest BCUT2D eigenvalue weighted by Gasteiger charge is -2.20. The first kappa shape index (κ1) is 14.9. The highest BCUT2D eigenvalue weighted by Gasteiger charge is 2.30. The van der Waals surface area contributed by atoms with Gasteiger partial charge in [-0.15, -0.1) is 0 Å². The van der Waals surface area contributed by atoms with Gasteiger partial charge >= 0.3 is 6.18 Å². The molecule has 0 aliphatic carbocycles. The number of alkyl halides is 3. The van der Waals surface area contributed by atoms with Gasteiger partial charge in [0, 0.05) is 6.42 Å². The standard InChI is InChI=1S/C17H18F3NO/c1-21-12-11-16(13-5-3-2-4-6-13)22-15-9-7-14(8-10-15)17(18,19)20/h2-10,16,21H,11-12H2,1H3/i3D. The molecule has 0 spiro atoms. The summed E-state index contributed by atoms with van der Waals surface area (Å²) < 4.78 is 51.3. The highest BCUT2D eigenvalue weighted by Crippen LogP contribution is 2.31. The Balaban J connectivity index is 2.17. The number of rotatable bonds is 6. The molecule has 1 N–H and O–H groups in total. The Hall–Kier alpha value is -2.01. The fourth-order valence-corrected chi connectivity index (χ4v) is 2.06. The molecule has 0 amide bonds. The minimum Gasteiger partial charge on any atom is -0.486 e. The normalized spacial score (nSPS) is 13.5. The molecule has 0 saturated carbocycles. The van der Waals surface area contributed by atoms with Gasteiger partial charge in [-0.25, -0.2) is 0 Å². The third-order valence-corrected chi connectivity index (χ3v) is 3.22. The summed E-state index contributed by atoms with van der Waals surface area (Å²) in [6.45, 7) is 0.688. The van der Waals surface area contributed by atoms with Crippen molar-refractivity contribution in [3.8, 4) is 5.75 Å². The summed E-state index contributed by atoms with van der Waals surface area (Å²) in [5.74, 6) is 0.370. The van der Waals surface area contributed by atoms with Crippen LogP contribution in [-0.4, -0.2) is 13.6 Å². The minimum absolute atomic E-state index is 0.329. The first-order chi connectivity index (χ1) is 10.9. The molecule has 0 saturated heterocycles. The summed E-state index contributed by atoms with van der Waals surface area (Å²) >= 11 is 0. The van der Waals surface area contributed by atoms with Crippen molar-refractivity contribution >= 4 is 0 Å². The summed E-state index contributed by atoms with van der Waals surface area (Å²) in [4.78, 5) is 0. The molecule has 2 aromatic carbocycles. The van der Waals surface area contributed by atoms with Gasteiger partial charge in [-0.05, 0) is 43.4 Å². The average molecular weight is 310 g/mol. The molecule has 0 fully saturated rings. The van der Waals surface area contributed by atoms with Crippen LogP contribution in [0.3, 0.4) is 0 Å². The number of ether oxygens (including phenoxy) is 1. The predicted molar refractivity (Wildman–Crippen MR) is 79.8 cm³/mol. The molecule has 22 heavy (non-hydrogen) atoms. The SMILES string of the molecule is [2H]c1cccc(C(CCNC)Oc2ccc(C(F)(F)F)cc2)c1. The lowest BCUT2D eigenvalue weighted by molar-refractivity contribution is -0.137. The molecular weight excluding hydrogens is 291 g/mol. The van der Waals surface area contributed by atoms with Crippen LogP contribution in [0.4, 0.5) is 13.2 Å². The highest BCUT2D eigenvalue weighted by atomic mass is 19.4. The summed E-state index contributed by atoms with van der Waals surface area (Å²) in [7, 11) is 1.82. The van der Waals surface area contributed by atoms with Gasteiger partial charge in [-0.2, -0.15) is 13.2 Å². The van der Waals surface area contributed by atoms with E-state index in [2.05, 4.69) is 5.32 Å². The largest absolute Gasteiger partial charge is 0.486 e. The maximum atomic E-state index is 12.6. The summed E-state index contributed by atoms with van der Waals surface area (Å²) in [6, 6.07) is 12.0. The predicted octanol–water partition coefficient (Wildman–Crippen LogP) is 4.44. The first-order valence-corrected chi connectivity index (χ1v) is 6.95. The van der Waals surface area contributed by atoms with Crippen molar-refractivity contribution in [1.29, 1.82) is 0 Å². The molecule has 0 bridgehead atoms. The first-order valence-electron chi connectivity index (χ1n) is 7.45. The zero-order valence-electron chi connectivity index (χ0n) is 13.2. The molecule has 0 aromatic heterocycles. The lowest BCUT2D eigenvalue weighted by Crippen LogP contribution is -2.16. The topological polar surface area (TPSA) is 21.3 Å². The number of benzene rings is 2. The highest BCUT2D eigenvalue weighted by molar-refractivity contribution is 5.30. The van der Waals surface area contributed by atoms with Crippen molar-refractivity contribution < 1.29 is 19.3 Å². The Morgan fingerprint density at radius 1 is 1.14 bits per heavy atom. The maximum absolute atomic E-state index is 12.6. The number of nitrogens with one attached hydrogen (secondary N) is 1. The van der Waals surface area contributed by atoms with Crippen LogP contribution in [0.15, 0.2) is 54.6 Å². The van der Waals surface area contributed by atoms with Crippen LogP contribution in [-0.2, 0) is 6.18 Å². The fourth-order valence-electron chi connectivity index (χ4n) is 2.06. The van der Waals surface area contributed by atoms with Crippen LogP contribution < -0.4 is 10.1 Å². The van der Waals surface area contributed by atoms with Crippen molar-refractivity contribution in [1.82, 2.24) is 5.32 Å². The number of halogens is 3. The monoisotopic (exact) mass is 310 g/mol. The van der Waals surface area contributed by atoms with Gasteiger partial charge in [-0.3, -0.25) is 0 Å². The van der Waals surface area contributed by atoms with E-state index < -0.39 is 11.7 Å². The van der Waals surface area contributed by atoms with E-state index >= 15 is 0 Å². The van der Waals surface area contributed by atoms with E-state index in [4.69, 9.17) is 6.11 Å². The van der Waals surface area contributed by atoms with E-state index in [1.54, 1.807) is 18.2 Å². The third kappa shape index (κ3) is 4.49. The van der Waals surface area contributed by atoms with E-state index in [1.807, 2.05) is 13.1 Å². The van der Waals surface area contributed by atoms with Gasteiger partial charge in [0.1, 0.15) is 11.9 Å². The summed E-state index contributed by atoms with van der Waals surface area (Å²) in [5, 5.41) is 3.02. The van der Waals surface area contributed by atoms with Crippen molar-refractivity contribution in [2.24, 2.45) is 0 Å². The van der Waals surface area contributed by atoms with Crippen molar-refractivity contribution in [3.05, 3.63) is 65.7 Å². The smallest absolute Gasteiger partial charge is 0.416 e. The molecule has 1 atom stereocenters. The Kier molecular flexibility index (Phi) is 4.96. The molecule has 2 nitrogen and oxygen atoms in total. The van der Waals surface area contributed by atoms with E-state index in [0.29, 0.717) is 24.8 Å². The quantitative estimate of drug-likeness (QED) is 0.852. The molecular formula is C17H18F3NO. The second-order valence-electron chi connectivity index (χ2n) is 4.86. The van der Waals surface area contributed by atoms with Crippen molar-refractivity contribution in [2.75, 3.05) is 13.6 Å². The van der Waals surface area contributed by atoms with Crippen LogP contribution in [0.25, 0.3) is 0 Å². The third-order valence-electron chi connectivity index (χ3n) is 3.22. The maximum Gasteiger partial charge on any atom is 0.416 e. The number of hydrogen-bond donors (Lipinski definition) is 1. The minimum atomic E-state index is -4.36. The van der Waals surface area contributed by atoms with Gasteiger partial charge in [-0.1, -0.05) is 30.3 Å². The van der Waals surface area contributed by atoms with Crippen LogP contribution in [0.1, 0.15) is 25.0 Å². The van der Waals surface area contributed by atoms with Gasteiger partial charge in [0.05, 0.1) is 6.93 Å². The van der Waals surface area contributed by atoms with Crippen LogP contribution >= 0.6 is 0 Å². The second-order valence-corrected chi connectivity index (χ2v) is 4.86. The summed E-state index contributed by atoms with van der Waals surface area (Å²) in [6.07, 6.45) is -4.05. The Morgan fingerprint density at radius 3 is 2.45 bits per heavy atom. The number of hydrogen-bond acceptors (Lipinski definition) is 2. The molecule has 2 aromatic rings. The molecule has 0 aliphatic rings. The van der Waals surface area contributed by atoms with Crippen LogP contribution in [0, 0.1) is 0 Å². The Morgan fingerprint density at radius 2 is 1.86 bits per heavy atom. The van der Waals surface area contributed by atoms with Gasteiger partial charge in [0.25, 0.3) is 0 Å². The Labute approximate surface area is 129 Å². The Bertz CT molecular complexity index is 628. The molecule has 118 valence electrons. The molecule has 1 unspecified atom stereocenters. The molecule has 2 rings (SSSR count). The second kappa shape index (κ2) is 7.31. The van der Waals surface area contributed by atoms with Crippen molar-refractivity contribution in [3.63, 3.8) is 0 Å². The van der Waals surface area contributed by atoms with Crippen LogP contribution in [0.5, 0.6) is 5.75 Å². The molecule has 5 heteroatoms. The van der Waals surface area contributed by atoms with Gasteiger partial charge in [0.2, 0.25) is 0 Å². The van der Waals surface area contributed by atoms with Gasteiger partial charge in [0.15, 0.2) is 0 Å². The average Bonchev–Trinajstić information content (AvgIpc) is 2.51. The van der Waals surface area contributed by atoms with Gasteiger partial charge < -0.3 is 10.1 Å². The molecule has 0 heterocycles. The lowest BCUT2D eigenvalue weighted by atomic mass is 10.1. The molecule has 0 radical (unpaired) electrons. The van der Waals surface area contributed by atoms with E-state index in [1.165, 1.54) is 12.1 Å². The van der Waals surface area contributed by atoms with E-state index in [0.717, 1.165) is 17.7 Å². The molecule has 0 aliphatic heterocycles. The van der Waals surface area contributed by atoms with E-state index in [-0.39, 0.29) is 6.10 Å². The van der Waals surface area contributed by atoms with E-state index in [9.17, 15) is 13.2 Å². The van der Waals surface area contributed by atoms with Crippen molar-refractivity contribution in [2.45, 2.75) is 18.7 Å². The summed E-state index contributed by atoms with van der Waals surface area (Å²) in [5.41, 5.74) is 0.123. The zero-order chi connectivity index (χ0) is 16.9. The fraction of sp³-hybridized carbons (Fsp3) is 0.294. The zero-order valence-corrected chi connectivity index (χ0v) is 12.2. The van der Waals surface area contributed by atoms with Crippen LogP contribution in [0.2, 0.25) is 0 Å².